The first kappa shape index (κ1) is 28.4. The lowest BCUT2D eigenvalue weighted by molar-refractivity contribution is -0.146. The minimum Gasteiger partial charge on any atom is -0.395 e. The zero-order valence-corrected chi connectivity index (χ0v) is 23.5. The summed E-state index contributed by atoms with van der Waals surface area (Å²) in [6, 6.07) is 9.13. The predicted octanol–water partition coefficient (Wildman–Crippen LogP) is 3.49. The molecule has 206 valence electrons. The first-order valence-corrected chi connectivity index (χ1v) is 14.5. The van der Waals surface area contributed by atoms with Gasteiger partial charge in [-0.05, 0) is 31.7 Å². The van der Waals surface area contributed by atoms with Crippen LogP contribution < -0.4 is 0 Å². The average molecular weight is 540 g/mol. The van der Waals surface area contributed by atoms with Crippen LogP contribution in [0.1, 0.15) is 45.1 Å². The van der Waals surface area contributed by atoms with E-state index in [2.05, 4.69) is 27.0 Å². The first-order valence-electron chi connectivity index (χ1n) is 13.7. The molecule has 1 aromatic carbocycles. The summed E-state index contributed by atoms with van der Waals surface area (Å²) >= 11 is 1.67. The maximum absolute atomic E-state index is 14.3. The molecule has 3 saturated heterocycles. The number of carbonyl (C=O) groups is 3. The number of hydrogen-bond acceptors (Lipinski definition) is 5. The summed E-state index contributed by atoms with van der Waals surface area (Å²) in [5.74, 6) is -1.48. The highest BCUT2D eigenvalue weighted by molar-refractivity contribution is 8.02. The lowest BCUT2D eigenvalue weighted by Crippen LogP contribution is -2.55. The van der Waals surface area contributed by atoms with Gasteiger partial charge in [0, 0.05) is 37.5 Å². The summed E-state index contributed by atoms with van der Waals surface area (Å²) in [5, 5.41) is 9.88. The van der Waals surface area contributed by atoms with E-state index in [0.717, 1.165) is 24.8 Å². The highest BCUT2D eigenvalue weighted by Crippen LogP contribution is 2.71. The molecule has 2 unspecified atom stereocenters. The Labute approximate surface area is 230 Å². The smallest absolute Gasteiger partial charge is 0.247 e. The zero-order valence-electron chi connectivity index (χ0n) is 22.7. The molecule has 0 aliphatic carbocycles. The Bertz CT molecular complexity index is 1060. The van der Waals surface area contributed by atoms with E-state index < -0.39 is 27.4 Å². The number of carbonyl (C=O) groups excluding carboxylic acids is 3. The number of benzene rings is 1. The van der Waals surface area contributed by atoms with Crippen molar-refractivity contribution in [1.82, 2.24) is 14.7 Å². The van der Waals surface area contributed by atoms with E-state index in [1.807, 2.05) is 30.3 Å². The van der Waals surface area contributed by atoms with Crippen molar-refractivity contribution in [2.45, 2.75) is 61.6 Å². The Morgan fingerprint density at radius 2 is 1.82 bits per heavy atom. The molecule has 8 heteroatoms. The number of aliphatic hydroxyl groups is 1. The van der Waals surface area contributed by atoms with Gasteiger partial charge in [0.1, 0.15) is 6.04 Å². The Kier molecular flexibility index (Phi) is 8.72. The van der Waals surface area contributed by atoms with E-state index in [1.54, 1.807) is 38.6 Å². The second kappa shape index (κ2) is 11.7. The number of fused-ring (bicyclic) bond motifs is 1. The topological polar surface area (TPSA) is 81.2 Å². The van der Waals surface area contributed by atoms with Crippen LogP contribution in [-0.4, -0.2) is 85.8 Å². The van der Waals surface area contributed by atoms with Gasteiger partial charge in [0.15, 0.2) is 0 Å². The lowest BCUT2D eigenvalue weighted by atomic mass is 9.66. The molecule has 2 bridgehead atoms. The number of β-amino-alcohol motifs (C(OH)–C–C–N with tert-alkyl or cyclic N) is 1. The fraction of sp³-hybridized carbons (Fsp3) is 0.567. The van der Waals surface area contributed by atoms with E-state index in [0.29, 0.717) is 32.6 Å². The lowest BCUT2D eigenvalue weighted by Gasteiger charge is -2.38. The molecule has 3 aliphatic heterocycles. The first-order chi connectivity index (χ1) is 18.3. The molecule has 1 N–H and O–H groups in total. The van der Waals surface area contributed by atoms with Crippen LogP contribution in [0, 0.1) is 11.8 Å². The third kappa shape index (κ3) is 4.81. The number of likely N-dealkylation sites (tertiary alicyclic amines) is 1. The Balaban J connectivity index is 1.71. The molecule has 1 aromatic rings. The largest absolute Gasteiger partial charge is 0.395 e. The van der Waals surface area contributed by atoms with Crippen molar-refractivity contribution in [1.29, 1.82) is 0 Å². The standard InChI is InChI=1S/C30H41N3O4S/c1-5-8-18-31(16-6-2)28(37)25-30-15-14-29(4,38-30)23(24(30)27(36)33(25)19-20-34)26(35)32(17-7-3)21-22-12-10-9-11-13-22/h6-7,9-13,23-25,34H,2-3,5,8,14-21H2,1,4H3/t23-,24+,25?,29+,30?/m1/s1. The van der Waals surface area contributed by atoms with Crippen molar-refractivity contribution in [3.63, 3.8) is 0 Å². The van der Waals surface area contributed by atoms with Gasteiger partial charge in [-0.15, -0.1) is 24.9 Å². The molecular weight excluding hydrogens is 498 g/mol. The number of unbranched alkanes of at least 4 members (excludes halogenated alkanes) is 1. The van der Waals surface area contributed by atoms with Crippen LogP contribution in [0.5, 0.6) is 0 Å². The molecule has 3 fully saturated rings. The van der Waals surface area contributed by atoms with Gasteiger partial charge in [-0.25, -0.2) is 0 Å². The Hall–Kier alpha value is -2.58. The molecule has 0 radical (unpaired) electrons. The average Bonchev–Trinajstić information content (AvgIpc) is 3.47. The zero-order chi connectivity index (χ0) is 27.5. The fourth-order valence-electron chi connectivity index (χ4n) is 6.79. The molecule has 1 spiro atoms. The summed E-state index contributed by atoms with van der Waals surface area (Å²) in [6.07, 6.45) is 6.71. The molecule has 3 amide bonds. The van der Waals surface area contributed by atoms with Crippen LogP contribution in [0.2, 0.25) is 0 Å². The summed E-state index contributed by atoms with van der Waals surface area (Å²) in [7, 11) is 0. The van der Waals surface area contributed by atoms with Gasteiger partial charge < -0.3 is 19.8 Å². The molecule has 3 heterocycles. The maximum atomic E-state index is 14.3. The van der Waals surface area contributed by atoms with E-state index in [1.165, 1.54) is 0 Å². The molecule has 7 nitrogen and oxygen atoms in total. The van der Waals surface area contributed by atoms with Crippen molar-refractivity contribution >= 4 is 29.5 Å². The molecule has 4 rings (SSSR count). The third-order valence-electron chi connectivity index (χ3n) is 8.44. The van der Waals surface area contributed by atoms with Crippen LogP contribution >= 0.6 is 11.8 Å². The predicted molar refractivity (Wildman–Crippen MR) is 151 cm³/mol. The van der Waals surface area contributed by atoms with Crippen molar-refractivity contribution in [2.24, 2.45) is 11.8 Å². The second-order valence-corrected chi connectivity index (χ2v) is 12.8. The summed E-state index contributed by atoms with van der Waals surface area (Å²) in [4.78, 5) is 47.7. The van der Waals surface area contributed by atoms with Gasteiger partial charge in [0.05, 0.1) is 23.2 Å². The number of thioether (sulfide) groups is 1. The number of nitrogens with zero attached hydrogens (tertiary/aromatic N) is 3. The second-order valence-electron chi connectivity index (χ2n) is 10.9. The van der Waals surface area contributed by atoms with Crippen LogP contribution in [0.3, 0.4) is 0 Å². The van der Waals surface area contributed by atoms with E-state index in [9.17, 15) is 19.5 Å². The van der Waals surface area contributed by atoms with Crippen LogP contribution in [0.4, 0.5) is 0 Å². The van der Waals surface area contributed by atoms with E-state index in [-0.39, 0.29) is 30.9 Å². The van der Waals surface area contributed by atoms with Gasteiger partial charge in [0.2, 0.25) is 17.7 Å². The Morgan fingerprint density at radius 1 is 1.13 bits per heavy atom. The van der Waals surface area contributed by atoms with E-state index in [4.69, 9.17) is 0 Å². The molecule has 38 heavy (non-hydrogen) atoms. The minimum atomic E-state index is -0.699. The van der Waals surface area contributed by atoms with Gasteiger partial charge >= 0.3 is 0 Å². The van der Waals surface area contributed by atoms with Gasteiger partial charge in [-0.2, -0.15) is 0 Å². The number of amides is 3. The highest BCUT2D eigenvalue weighted by Gasteiger charge is 2.77. The van der Waals surface area contributed by atoms with E-state index >= 15 is 0 Å². The van der Waals surface area contributed by atoms with Crippen molar-refractivity contribution in [3.8, 4) is 0 Å². The van der Waals surface area contributed by atoms with Crippen LogP contribution in [0.25, 0.3) is 0 Å². The summed E-state index contributed by atoms with van der Waals surface area (Å²) < 4.78 is -1.12. The number of aliphatic hydroxyl groups excluding tert-OH is 1. The van der Waals surface area contributed by atoms with Crippen molar-refractivity contribution in [3.05, 3.63) is 61.2 Å². The quantitative estimate of drug-likeness (QED) is 0.388. The van der Waals surface area contributed by atoms with Gasteiger partial charge in [-0.1, -0.05) is 55.8 Å². The van der Waals surface area contributed by atoms with Gasteiger partial charge in [0.25, 0.3) is 0 Å². The molecular formula is C30H41N3O4S. The van der Waals surface area contributed by atoms with Crippen molar-refractivity contribution < 1.29 is 19.5 Å². The summed E-state index contributed by atoms with van der Waals surface area (Å²) in [5.41, 5.74) is 1.02. The SMILES string of the molecule is C=CCN(CCCC)C(=O)C1N(CCO)C(=O)[C@@H]2[C@H](C(=O)N(CC=C)Cc3ccccc3)[C@]3(C)CCC12S3. The van der Waals surface area contributed by atoms with Crippen LogP contribution in [-0.2, 0) is 20.9 Å². The maximum Gasteiger partial charge on any atom is 0.247 e. The fourth-order valence-corrected chi connectivity index (χ4v) is 9.13. The summed E-state index contributed by atoms with van der Waals surface area (Å²) in [6.45, 7) is 13.5. The molecule has 5 atom stereocenters. The van der Waals surface area contributed by atoms with Gasteiger partial charge in [-0.3, -0.25) is 14.4 Å². The Morgan fingerprint density at radius 3 is 2.45 bits per heavy atom. The third-order valence-corrected chi connectivity index (χ3v) is 10.4. The molecule has 3 aliphatic rings. The van der Waals surface area contributed by atoms with Crippen molar-refractivity contribution in [2.75, 3.05) is 32.8 Å². The minimum absolute atomic E-state index is 0.0605. The number of hydrogen-bond donors (Lipinski definition) is 1. The van der Waals surface area contributed by atoms with Crippen LogP contribution in [0.15, 0.2) is 55.6 Å². The number of rotatable bonds is 13. The molecule has 0 aromatic heterocycles. The highest BCUT2D eigenvalue weighted by atomic mass is 32.2. The normalized spacial score (nSPS) is 29.3. The monoisotopic (exact) mass is 539 g/mol. The molecule has 0 saturated carbocycles.